The van der Waals surface area contributed by atoms with Gasteiger partial charge in [-0.05, 0) is 18.2 Å². The minimum absolute atomic E-state index is 0.0385. The Morgan fingerprint density at radius 2 is 2.07 bits per heavy atom. The first-order valence-corrected chi connectivity index (χ1v) is 4.20. The van der Waals surface area contributed by atoms with Gasteiger partial charge in [0.2, 0.25) is 0 Å². The molecule has 1 aromatic carbocycles. The second-order valence-electron chi connectivity index (χ2n) is 2.70. The van der Waals surface area contributed by atoms with Crippen LogP contribution in [0.2, 0.25) is 0 Å². The number of hydrogen-bond acceptors (Lipinski definition) is 5. The van der Waals surface area contributed by atoms with Gasteiger partial charge in [0.05, 0.1) is 13.1 Å². The van der Waals surface area contributed by atoms with Crippen LogP contribution in [0.1, 0.15) is 10.4 Å². The Labute approximate surface area is 87.2 Å². The molecular weight excluding hydrogens is 200 g/mol. The third-order valence-electron chi connectivity index (χ3n) is 1.73. The Hall–Kier alpha value is -1.75. The van der Waals surface area contributed by atoms with Crippen molar-refractivity contribution in [3.63, 3.8) is 0 Å². The zero-order valence-electron chi connectivity index (χ0n) is 8.48. The molecule has 0 spiro atoms. The van der Waals surface area contributed by atoms with Gasteiger partial charge in [-0.1, -0.05) is 0 Å². The number of benzene rings is 1. The number of carbonyl (C=O) groups is 1. The standard InChI is InChI=1S/C10H12O5/c1-13-6-15-8-4-3-7(10(11)12)5-9(8)14-2/h3-5H,6H2,1-2H3,(H,11,12)/p-1. The summed E-state index contributed by atoms with van der Waals surface area (Å²) in [5, 5.41) is 10.6. The van der Waals surface area contributed by atoms with E-state index in [1.165, 1.54) is 32.4 Å². The highest BCUT2D eigenvalue weighted by atomic mass is 16.7. The number of carboxylic acid groups (broad SMARTS) is 1. The van der Waals surface area contributed by atoms with Crippen LogP contribution in [0.4, 0.5) is 0 Å². The van der Waals surface area contributed by atoms with Gasteiger partial charge in [-0.2, -0.15) is 0 Å². The van der Waals surface area contributed by atoms with E-state index in [1.54, 1.807) is 0 Å². The van der Waals surface area contributed by atoms with Gasteiger partial charge in [0.1, 0.15) is 0 Å². The van der Waals surface area contributed by atoms with Crippen molar-refractivity contribution >= 4 is 5.97 Å². The molecule has 0 heterocycles. The zero-order valence-corrected chi connectivity index (χ0v) is 8.48. The van der Waals surface area contributed by atoms with Crippen LogP contribution >= 0.6 is 0 Å². The second kappa shape index (κ2) is 5.21. The Balaban J connectivity index is 2.93. The van der Waals surface area contributed by atoms with Gasteiger partial charge in [-0.15, -0.1) is 0 Å². The molecule has 0 fully saturated rings. The predicted molar refractivity (Wildman–Crippen MR) is 49.8 cm³/mol. The van der Waals surface area contributed by atoms with Gasteiger partial charge in [-0.25, -0.2) is 0 Å². The molecule has 0 unspecified atom stereocenters. The van der Waals surface area contributed by atoms with Crippen LogP contribution in [0.3, 0.4) is 0 Å². The van der Waals surface area contributed by atoms with Crippen LogP contribution in [0.25, 0.3) is 0 Å². The van der Waals surface area contributed by atoms with Crippen molar-refractivity contribution in [2.45, 2.75) is 0 Å². The average Bonchev–Trinajstić information content (AvgIpc) is 2.25. The summed E-state index contributed by atoms with van der Waals surface area (Å²) in [4.78, 5) is 10.6. The Kier molecular flexibility index (Phi) is 3.93. The molecule has 0 saturated heterocycles. The van der Waals surface area contributed by atoms with E-state index in [0.717, 1.165) is 0 Å². The van der Waals surface area contributed by atoms with Crippen molar-refractivity contribution in [1.29, 1.82) is 0 Å². The number of aromatic carboxylic acids is 1. The first-order chi connectivity index (χ1) is 7.19. The number of ether oxygens (including phenoxy) is 3. The number of rotatable bonds is 5. The van der Waals surface area contributed by atoms with Crippen molar-refractivity contribution in [2.24, 2.45) is 0 Å². The first-order valence-electron chi connectivity index (χ1n) is 4.20. The molecule has 0 saturated carbocycles. The lowest BCUT2D eigenvalue weighted by Crippen LogP contribution is -2.22. The van der Waals surface area contributed by atoms with Crippen LogP contribution < -0.4 is 14.6 Å². The van der Waals surface area contributed by atoms with E-state index in [2.05, 4.69) is 0 Å². The Bertz CT molecular complexity index is 348. The fourth-order valence-electron chi connectivity index (χ4n) is 1.04. The number of carbonyl (C=O) groups excluding carboxylic acids is 1. The molecule has 0 aromatic heterocycles. The van der Waals surface area contributed by atoms with E-state index >= 15 is 0 Å². The summed E-state index contributed by atoms with van der Waals surface area (Å²) < 4.78 is 14.8. The molecule has 5 nitrogen and oxygen atoms in total. The smallest absolute Gasteiger partial charge is 0.188 e. The van der Waals surface area contributed by atoms with Crippen molar-refractivity contribution < 1.29 is 24.1 Å². The SMILES string of the molecule is COCOc1ccc(C(=O)[O-])cc1OC. The van der Waals surface area contributed by atoms with E-state index < -0.39 is 5.97 Å². The maximum absolute atomic E-state index is 10.6. The quantitative estimate of drug-likeness (QED) is 0.643. The third-order valence-corrected chi connectivity index (χ3v) is 1.73. The summed E-state index contributed by atoms with van der Waals surface area (Å²) in [6.07, 6.45) is 0. The molecule has 0 bridgehead atoms. The molecule has 82 valence electrons. The predicted octanol–water partition coefficient (Wildman–Crippen LogP) is 0.0414. The Morgan fingerprint density at radius 3 is 2.60 bits per heavy atom. The highest BCUT2D eigenvalue weighted by Crippen LogP contribution is 2.27. The molecule has 0 radical (unpaired) electrons. The zero-order chi connectivity index (χ0) is 11.3. The van der Waals surface area contributed by atoms with Crippen LogP contribution in [0.15, 0.2) is 18.2 Å². The van der Waals surface area contributed by atoms with Gasteiger partial charge in [-0.3, -0.25) is 0 Å². The summed E-state index contributed by atoms with van der Waals surface area (Å²) in [6.45, 7) is 0.0705. The Morgan fingerprint density at radius 1 is 1.33 bits per heavy atom. The maximum Gasteiger partial charge on any atom is 0.188 e. The summed E-state index contributed by atoms with van der Waals surface area (Å²) in [7, 11) is 2.91. The molecule has 0 atom stereocenters. The monoisotopic (exact) mass is 211 g/mol. The fourth-order valence-corrected chi connectivity index (χ4v) is 1.04. The minimum Gasteiger partial charge on any atom is -0.545 e. The molecule has 0 aliphatic carbocycles. The highest BCUT2D eigenvalue weighted by Gasteiger charge is 2.05. The van der Waals surface area contributed by atoms with Crippen molar-refractivity contribution in [1.82, 2.24) is 0 Å². The summed E-state index contributed by atoms with van der Waals surface area (Å²) in [5.41, 5.74) is 0.0385. The van der Waals surface area contributed by atoms with Gasteiger partial charge in [0.25, 0.3) is 0 Å². The van der Waals surface area contributed by atoms with E-state index in [-0.39, 0.29) is 12.4 Å². The van der Waals surface area contributed by atoms with E-state index in [4.69, 9.17) is 14.2 Å². The van der Waals surface area contributed by atoms with Crippen LogP contribution in [-0.2, 0) is 4.74 Å². The van der Waals surface area contributed by atoms with Crippen LogP contribution in [-0.4, -0.2) is 27.0 Å². The first kappa shape index (κ1) is 11.3. The summed E-state index contributed by atoms with van der Waals surface area (Å²) in [5.74, 6) is -0.510. The molecule has 5 heteroatoms. The molecule has 0 aliphatic rings. The van der Waals surface area contributed by atoms with Gasteiger partial charge >= 0.3 is 0 Å². The number of methoxy groups -OCH3 is 2. The van der Waals surface area contributed by atoms with Gasteiger partial charge in [0.15, 0.2) is 18.3 Å². The molecule has 0 amide bonds. The van der Waals surface area contributed by atoms with Crippen molar-refractivity contribution in [2.75, 3.05) is 21.0 Å². The van der Waals surface area contributed by atoms with E-state index in [1.807, 2.05) is 0 Å². The largest absolute Gasteiger partial charge is 0.545 e. The maximum atomic E-state index is 10.6. The normalized spacial score (nSPS) is 9.73. The fraction of sp³-hybridized carbons (Fsp3) is 0.300. The van der Waals surface area contributed by atoms with E-state index in [0.29, 0.717) is 11.5 Å². The lowest BCUT2D eigenvalue weighted by molar-refractivity contribution is -0.255. The lowest BCUT2D eigenvalue weighted by Gasteiger charge is -2.11. The van der Waals surface area contributed by atoms with Crippen LogP contribution in [0.5, 0.6) is 11.5 Å². The summed E-state index contributed by atoms with van der Waals surface area (Å²) in [6, 6.07) is 4.20. The van der Waals surface area contributed by atoms with Crippen molar-refractivity contribution in [3.05, 3.63) is 23.8 Å². The number of hydrogen-bond donors (Lipinski definition) is 0. The lowest BCUT2D eigenvalue weighted by atomic mass is 10.2. The van der Waals surface area contributed by atoms with Crippen molar-refractivity contribution in [3.8, 4) is 11.5 Å². The molecule has 1 aromatic rings. The highest BCUT2D eigenvalue weighted by molar-refractivity contribution is 5.86. The molecule has 0 N–H and O–H groups in total. The topological polar surface area (TPSA) is 67.8 Å². The van der Waals surface area contributed by atoms with Gasteiger partial charge < -0.3 is 24.1 Å². The number of carboxylic acids is 1. The molecule has 15 heavy (non-hydrogen) atoms. The molecule has 1 rings (SSSR count). The minimum atomic E-state index is -1.26. The van der Waals surface area contributed by atoms with E-state index in [9.17, 15) is 9.90 Å². The van der Waals surface area contributed by atoms with Gasteiger partial charge in [0, 0.05) is 12.7 Å². The molecular formula is C10H11O5-. The third kappa shape index (κ3) is 2.85. The summed E-state index contributed by atoms with van der Waals surface area (Å²) >= 11 is 0. The average molecular weight is 211 g/mol. The molecule has 0 aliphatic heterocycles. The van der Waals surface area contributed by atoms with Crippen LogP contribution in [0, 0.1) is 0 Å². The second-order valence-corrected chi connectivity index (χ2v) is 2.70.